The van der Waals surface area contributed by atoms with E-state index in [9.17, 15) is 0 Å². The number of aryl methyl sites for hydroxylation is 2. The summed E-state index contributed by atoms with van der Waals surface area (Å²) in [6, 6.07) is 2.01. The van der Waals surface area contributed by atoms with Crippen molar-refractivity contribution in [2.75, 3.05) is 32.7 Å². The first-order chi connectivity index (χ1) is 12.1. The molecule has 2 aromatic rings. The van der Waals surface area contributed by atoms with Gasteiger partial charge in [0.15, 0.2) is 5.96 Å². The van der Waals surface area contributed by atoms with Gasteiger partial charge in [-0.3, -0.25) is 4.90 Å². The number of nitrogens with zero attached hydrogens (tertiary/aromatic N) is 5. The molecule has 0 radical (unpaired) electrons. The number of nitrogens with one attached hydrogen (secondary N) is 1. The summed E-state index contributed by atoms with van der Waals surface area (Å²) in [7, 11) is 0. The van der Waals surface area contributed by atoms with Crippen molar-refractivity contribution >= 4 is 17.3 Å². The van der Waals surface area contributed by atoms with Crippen molar-refractivity contribution in [3.63, 3.8) is 0 Å². The van der Waals surface area contributed by atoms with Gasteiger partial charge in [-0.25, -0.2) is 9.98 Å². The molecular weight excluding hydrogens is 336 g/mol. The van der Waals surface area contributed by atoms with Gasteiger partial charge in [0.1, 0.15) is 10.8 Å². The van der Waals surface area contributed by atoms with Crippen LogP contribution < -0.4 is 5.32 Å². The van der Waals surface area contributed by atoms with Crippen molar-refractivity contribution in [1.29, 1.82) is 0 Å². The molecule has 25 heavy (non-hydrogen) atoms. The number of rotatable bonds is 5. The summed E-state index contributed by atoms with van der Waals surface area (Å²) in [5, 5.41) is 8.55. The fourth-order valence-corrected chi connectivity index (χ4v) is 3.59. The van der Waals surface area contributed by atoms with Crippen LogP contribution in [-0.4, -0.2) is 58.6 Å². The van der Waals surface area contributed by atoms with Crippen LogP contribution in [0.15, 0.2) is 21.8 Å². The van der Waals surface area contributed by atoms with E-state index >= 15 is 0 Å². The third kappa shape index (κ3) is 5.02. The molecule has 136 valence electrons. The average Bonchev–Trinajstić information content (AvgIpc) is 3.20. The van der Waals surface area contributed by atoms with Crippen LogP contribution in [0.3, 0.4) is 0 Å². The van der Waals surface area contributed by atoms with E-state index in [4.69, 9.17) is 9.52 Å². The fourth-order valence-electron chi connectivity index (χ4n) is 2.88. The largest absolute Gasteiger partial charge is 0.361 e. The van der Waals surface area contributed by atoms with Crippen LogP contribution in [0.25, 0.3) is 0 Å². The number of aliphatic imine (C=N–C) groups is 1. The molecule has 1 N–H and O–H groups in total. The predicted molar refractivity (Wildman–Crippen MR) is 99.8 cm³/mol. The number of guanidine groups is 1. The number of piperazine rings is 1. The standard InChI is InChI=1S/C17H26N6OS/c1-4-18-17(20-11-16-19-10-14(3)25-16)23-7-5-22(6-8-23)12-15-9-13(2)24-21-15/h9-10H,4-8,11-12H2,1-3H3,(H,18,20). The third-order valence-corrected chi connectivity index (χ3v) is 5.00. The summed E-state index contributed by atoms with van der Waals surface area (Å²) in [5.74, 6) is 1.85. The molecule has 0 bridgehead atoms. The van der Waals surface area contributed by atoms with E-state index in [1.54, 1.807) is 11.3 Å². The van der Waals surface area contributed by atoms with Gasteiger partial charge in [0, 0.05) is 56.4 Å². The maximum absolute atomic E-state index is 5.15. The van der Waals surface area contributed by atoms with E-state index < -0.39 is 0 Å². The minimum atomic E-state index is 0.638. The molecule has 1 aliphatic rings. The Morgan fingerprint density at radius 3 is 2.72 bits per heavy atom. The van der Waals surface area contributed by atoms with E-state index in [2.05, 4.69) is 39.1 Å². The molecular formula is C17H26N6OS. The van der Waals surface area contributed by atoms with E-state index in [0.29, 0.717) is 6.54 Å². The fraction of sp³-hybridized carbons (Fsp3) is 0.588. The van der Waals surface area contributed by atoms with E-state index in [0.717, 1.165) is 61.7 Å². The molecule has 2 aromatic heterocycles. The second-order valence-electron chi connectivity index (χ2n) is 6.23. The zero-order chi connectivity index (χ0) is 17.6. The summed E-state index contributed by atoms with van der Waals surface area (Å²) in [6.45, 7) is 12.4. The summed E-state index contributed by atoms with van der Waals surface area (Å²) in [6.07, 6.45) is 1.91. The molecule has 0 spiro atoms. The van der Waals surface area contributed by atoms with Gasteiger partial charge in [0.25, 0.3) is 0 Å². The van der Waals surface area contributed by atoms with Crippen molar-refractivity contribution in [2.24, 2.45) is 4.99 Å². The first-order valence-corrected chi connectivity index (χ1v) is 9.55. The van der Waals surface area contributed by atoms with Crippen LogP contribution in [0, 0.1) is 13.8 Å². The lowest BCUT2D eigenvalue weighted by Gasteiger charge is -2.36. The third-order valence-electron chi connectivity index (χ3n) is 4.10. The first kappa shape index (κ1) is 17.9. The zero-order valence-electron chi connectivity index (χ0n) is 15.2. The van der Waals surface area contributed by atoms with Gasteiger partial charge in [0.2, 0.25) is 0 Å². The van der Waals surface area contributed by atoms with Gasteiger partial charge in [-0.2, -0.15) is 0 Å². The van der Waals surface area contributed by atoms with Gasteiger partial charge in [0.05, 0.1) is 12.2 Å². The highest BCUT2D eigenvalue weighted by Gasteiger charge is 2.20. The topological polar surface area (TPSA) is 69.8 Å². The molecule has 0 saturated carbocycles. The van der Waals surface area contributed by atoms with Crippen LogP contribution in [0.1, 0.15) is 28.3 Å². The molecule has 0 unspecified atom stereocenters. The smallest absolute Gasteiger partial charge is 0.194 e. The van der Waals surface area contributed by atoms with Gasteiger partial charge < -0.3 is 14.7 Å². The second-order valence-corrected chi connectivity index (χ2v) is 7.55. The molecule has 0 atom stereocenters. The van der Waals surface area contributed by atoms with E-state index in [-0.39, 0.29) is 0 Å². The maximum Gasteiger partial charge on any atom is 0.194 e. The van der Waals surface area contributed by atoms with E-state index in [1.165, 1.54) is 4.88 Å². The SMILES string of the molecule is CCNC(=NCc1ncc(C)s1)N1CCN(Cc2cc(C)on2)CC1. The van der Waals surface area contributed by atoms with Gasteiger partial charge in [-0.15, -0.1) is 11.3 Å². The molecule has 7 nitrogen and oxygen atoms in total. The molecule has 3 heterocycles. The Labute approximate surface area is 152 Å². The van der Waals surface area contributed by atoms with Gasteiger partial charge in [-0.1, -0.05) is 5.16 Å². The van der Waals surface area contributed by atoms with Crippen molar-refractivity contribution in [1.82, 2.24) is 25.3 Å². The maximum atomic E-state index is 5.15. The lowest BCUT2D eigenvalue weighted by molar-refractivity contribution is 0.169. The number of hydrogen-bond donors (Lipinski definition) is 1. The van der Waals surface area contributed by atoms with Crippen molar-refractivity contribution in [2.45, 2.75) is 33.9 Å². The van der Waals surface area contributed by atoms with Gasteiger partial charge in [-0.05, 0) is 20.8 Å². The predicted octanol–water partition coefficient (Wildman–Crippen LogP) is 2.03. The van der Waals surface area contributed by atoms with Crippen LogP contribution in [-0.2, 0) is 13.1 Å². The lowest BCUT2D eigenvalue weighted by Crippen LogP contribution is -2.52. The Morgan fingerprint density at radius 2 is 2.12 bits per heavy atom. The Bertz CT molecular complexity index is 702. The average molecular weight is 363 g/mol. The van der Waals surface area contributed by atoms with E-state index in [1.807, 2.05) is 19.2 Å². The van der Waals surface area contributed by atoms with Crippen molar-refractivity contribution in [3.8, 4) is 0 Å². The van der Waals surface area contributed by atoms with Crippen LogP contribution >= 0.6 is 11.3 Å². The molecule has 8 heteroatoms. The summed E-state index contributed by atoms with van der Waals surface area (Å²) in [4.78, 5) is 15.1. The Balaban J connectivity index is 1.54. The van der Waals surface area contributed by atoms with Crippen LogP contribution in [0.4, 0.5) is 0 Å². The number of thiazole rings is 1. The number of aromatic nitrogens is 2. The molecule has 3 rings (SSSR count). The molecule has 1 saturated heterocycles. The minimum Gasteiger partial charge on any atom is -0.361 e. The molecule has 0 aromatic carbocycles. The monoisotopic (exact) mass is 362 g/mol. The highest BCUT2D eigenvalue weighted by Crippen LogP contribution is 2.13. The number of hydrogen-bond acceptors (Lipinski definition) is 6. The molecule has 0 amide bonds. The lowest BCUT2D eigenvalue weighted by atomic mass is 10.3. The molecule has 0 aliphatic carbocycles. The second kappa shape index (κ2) is 8.44. The van der Waals surface area contributed by atoms with Crippen LogP contribution in [0.2, 0.25) is 0 Å². The summed E-state index contributed by atoms with van der Waals surface area (Å²) < 4.78 is 5.15. The van der Waals surface area contributed by atoms with Crippen molar-refractivity contribution < 1.29 is 4.52 Å². The Hall–Kier alpha value is -1.93. The Morgan fingerprint density at radius 1 is 1.32 bits per heavy atom. The quantitative estimate of drug-likeness (QED) is 0.648. The minimum absolute atomic E-state index is 0.638. The first-order valence-electron chi connectivity index (χ1n) is 8.73. The molecule has 1 fully saturated rings. The zero-order valence-corrected chi connectivity index (χ0v) is 16.0. The summed E-state index contributed by atoms with van der Waals surface area (Å²) >= 11 is 1.71. The highest BCUT2D eigenvalue weighted by molar-refractivity contribution is 7.11. The van der Waals surface area contributed by atoms with Crippen molar-refractivity contribution in [3.05, 3.63) is 33.6 Å². The van der Waals surface area contributed by atoms with Crippen LogP contribution in [0.5, 0.6) is 0 Å². The highest BCUT2D eigenvalue weighted by atomic mass is 32.1. The normalized spacial score (nSPS) is 16.4. The van der Waals surface area contributed by atoms with Gasteiger partial charge >= 0.3 is 0 Å². The Kier molecular flexibility index (Phi) is 6.04. The summed E-state index contributed by atoms with van der Waals surface area (Å²) in [5.41, 5.74) is 1.01. The molecule has 1 aliphatic heterocycles.